The number of hydrogen-bond donors (Lipinski definition) is 2. The maximum absolute atomic E-state index is 4.11. The van der Waals surface area contributed by atoms with E-state index in [1.165, 1.54) is 19.3 Å². The van der Waals surface area contributed by atoms with Crippen molar-refractivity contribution in [2.24, 2.45) is 5.92 Å². The Morgan fingerprint density at radius 2 is 2.50 bits per heavy atom. The number of aromatic nitrogens is 3. The minimum absolute atomic E-state index is 0.668. The lowest BCUT2D eigenvalue weighted by molar-refractivity contribution is 0.439. The van der Waals surface area contributed by atoms with Gasteiger partial charge in [0, 0.05) is 19.0 Å². The monoisotopic (exact) mass is 220 g/mol. The highest BCUT2D eigenvalue weighted by molar-refractivity contribution is 4.89. The second kappa shape index (κ2) is 5.80. The predicted octanol–water partition coefficient (Wildman–Crippen LogP) is 1.68. The van der Waals surface area contributed by atoms with Crippen molar-refractivity contribution in [2.75, 3.05) is 6.54 Å². The van der Waals surface area contributed by atoms with Gasteiger partial charge < -0.3 is 5.32 Å². The summed E-state index contributed by atoms with van der Waals surface area (Å²) in [7, 11) is 0. The molecule has 4 heteroatoms. The van der Waals surface area contributed by atoms with Gasteiger partial charge in [-0.15, -0.1) is 6.58 Å². The van der Waals surface area contributed by atoms with Crippen LogP contribution in [0.15, 0.2) is 19.0 Å². The van der Waals surface area contributed by atoms with E-state index in [1.54, 1.807) is 6.33 Å². The number of nitrogens with zero attached hydrogens (tertiary/aromatic N) is 2. The van der Waals surface area contributed by atoms with Crippen molar-refractivity contribution in [1.82, 2.24) is 20.5 Å². The Hall–Kier alpha value is -1.16. The van der Waals surface area contributed by atoms with Gasteiger partial charge >= 0.3 is 0 Å². The molecule has 4 nitrogen and oxygen atoms in total. The van der Waals surface area contributed by atoms with Gasteiger partial charge in [0.15, 0.2) is 0 Å². The van der Waals surface area contributed by atoms with E-state index in [1.807, 2.05) is 6.08 Å². The molecule has 0 radical (unpaired) electrons. The summed E-state index contributed by atoms with van der Waals surface area (Å²) in [6, 6.07) is 0.668. The molecule has 1 unspecified atom stereocenters. The van der Waals surface area contributed by atoms with Crippen LogP contribution < -0.4 is 5.32 Å². The molecule has 0 spiro atoms. The molecule has 1 aliphatic carbocycles. The number of hydrogen-bond acceptors (Lipinski definition) is 3. The molecule has 0 aromatic carbocycles. The van der Waals surface area contributed by atoms with Crippen molar-refractivity contribution in [3.05, 3.63) is 24.8 Å². The molecule has 0 amide bonds. The van der Waals surface area contributed by atoms with Crippen LogP contribution in [-0.4, -0.2) is 27.8 Å². The smallest absolute Gasteiger partial charge is 0.137 e. The molecular weight excluding hydrogens is 200 g/mol. The van der Waals surface area contributed by atoms with Crippen molar-refractivity contribution >= 4 is 0 Å². The van der Waals surface area contributed by atoms with Crippen molar-refractivity contribution in [1.29, 1.82) is 0 Å². The Kier molecular flexibility index (Phi) is 4.10. The third-order valence-electron chi connectivity index (χ3n) is 3.11. The van der Waals surface area contributed by atoms with E-state index in [9.17, 15) is 0 Å². The number of nitrogens with one attached hydrogen (secondary N) is 2. The topological polar surface area (TPSA) is 53.6 Å². The van der Waals surface area contributed by atoms with Crippen LogP contribution in [0.3, 0.4) is 0 Å². The predicted molar refractivity (Wildman–Crippen MR) is 64.0 cm³/mol. The average molecular weight is 220 g/mol. The van der Waals surface area contributed by atoms with Crippen LogP contribution in [-0.2, 0) is 6.42 Å². The molecule has 2 rings (SSSR count). The number of allylic oxidation sites excluding steroid dienone is 1. The van der Waals surface area contributed by atoms with Crippen molar-refractivity contribution in [3.8, 4) is 0 Å². The zero-order valence-corrected chi connectivity index (χ0v) is 9.65. The van der Waals surface area contributed by atoms with E-state index in [0.29, 0.717) is 6.04 Å². The fraction of sp³-hybridized carbons (Fsp3) is 0.667. The zero-order valence-electron chi connectivity index (χ0n) is 9.65. The van der Waals surface area contributed by atoms with Crippen LogP contribution in [0.25, 0.3) is 0 Å². The van der Waals surface area contributed by atoms with Gasteiger partial charge in [0.1, 0.15) is 12.2 Å². The Morgan fingerprint density at radius 3 is 3.12 bits per heavy atom. The maximum atomic E-state index is 4.11. The number of rotatable bonds is 8. The first-order valence-corrected chi connectivity index (χ1v) is 6.08. The Bertz CT molecular complexity index is 303. The van der Waals surface area contributed by atoms with Gasteiger partial charge in [-0.3, -0.25) is 5.10 Å². The highest BCUT2D eigenvalue weighted by atomic mass is 15.2. The first-order chi connectivity index (χ1) is 7.90. The average Bonchev–Trinajstić information content (AvgIpc) is 3.01. The third kappa shape index (κ3) is 3.45. The molecular formula is C12H20N4. The summed E-state index contributed by atoms with van der Waals surface area (Å²) in [5, 5.41) is 10.3. The molecule has 1 aromatic heterocycles. The Labute approximate surface area is 96.6 Å². The molecule has 1 saturated carbocycles. The van der Waals surface area contributed by atoms with Crippen LogP contribution in [0.2, 0.25) is 0 Å². The van der Waals surface area contributed by atoms with Gasteiger partial charge in [0.05, 0.1) is 0 Å². The van der Waals surface area contributed by atoms with E-state index in [0.717, 1.165) is 31.1 Å². The van der Waals surface area contributed by atoms with E-state index in [4.69, 9.17) is 0 Å². The minimum Gasteiger partial charge on any atom is -0.313 e. The summed E-state index contributed by atoms with van der Waals surface area (Å²) >= 11 is 0. The lowest BCUT2D eigenvalue weighted by Crippen LogP contribution is -2.32. The normalized spacial score (nSPS) is 17.2. The first-order valence-electron chi connectivity index (χ1n) is 6.08. The van der Waals surface area contributed by atoms with Gasteiger partial charge in [-0.25, -0.2) is 4.98 Å². The van der Waals surface area contributed by atoms with Crippen LogP contribution >= 0.6 is 0 Å². The molecule has 2 N–H and O–H groups in total. The van der Waals surface area contributed by atoms with Crippen LogP contribution in [0.4, 0.5) is 0 Å². The zero-order chi connectivity index (χ0) is 11.2. The molecule has 1 fully saturated rings. The van der Waals surface area contributed by atoms with Gasteiger partial charge in [-0.2, -0.15) is 5.10 Å². The van der Waals surface area contributed by atoms with Crippen LogP contribution in [0.5, 0.6) is 0 Å². The van der Waals surface area contributed by atoms with Crippen LogP contribution in [0, 0.1) is 5.92 Å². The second-order valence-electron chi connectivity index (χ2n) is 4.45. The summed E-state index contributed by atoms with van der Waals surface area (Å²) in [5.41, 5.74) is 0. The lowest BCUT2D eigenvalue weighted by Gasteiger charge is -2.16. The SMILES string of the molecule is C=CCCC(NCCc1ncn[nH]1)C1CC1. The Morgan fingerprint density at radius 1 is 1.62 bits per heavy atom. The standard InChI is InChI=1S/C12H20N4/c1-2-3-4-11(10-5-6-10)13-8-7-12-14-9-15-16-12/h2,9-11,13H,1,3-8H2,(H,14,15,16). The van der Waals surface area contributed by atoms with Gasteiger partial charge in [0.25, 0.3) is 0 Å². The second-order valence-corrected chi connectivity index (χ2v) is 4.45. The summed E-state index contributed by atoms with van der Waals surface area (Å²) in [6.07, 6.45) is 9.59. The highest BCUT2D eigenvalue weighted by Gasteiger charge is 2.29. The number of aromatic amines is 1. The highest BCUT2D eigenvalue weighted by Crippen LogP contribution is 2.34. The van der Waals surface area contributed by atoms with Crippen molar-refractivity contribution in [2.45, 2.75) is 38.1 Å². The molecule has 1 heterocycles. The first kappa shape index (κ1) is 11.3. The fourth-order valence-corrected chi connectivity index (χ4v) is 2.03. The summed E-state index contributed by atoms with van der Waals surface area (Å²) in [5.74, 6) is 1.86. The van der Waals surface area contributed by atoms with E-state index >= 15 is 0 Å². The minimum atomic E-state index is 0.668. The van der Waals surface area contributed by atoms with Gasteiger partial charge in [-0.05, 0) is 31.6 Å². The summed E-state index contributed by atoms with van der Waals surface area (Å²) < 4.78 is 0. The summed E-state index contributed by atoms with van der Waals surface area (Å²) in [4.78, 5) is 4.11. The largest absolute Gasteiger partial charge is 0.313 e. The molecule has 0 bridgehead atoms. The van der Waals surface area contributed by atoms with Gasteiger partial charge in [-0.1, -0.05) is 6.08 Å². The lowest BCUT2D eigenvalue weighted by atomic mass is 10.1. The van der Waals surface area contributed by atoms with E-state index in [-0.39, 0.29) is 0 Å². The van der Waals surface area contributed by atoms with E-state index in [2.05, 4.69) is 27.1 Å². The van der Waals surface area contributed by atoms with Gasteiger partial charge in [0.2, 0.25) is 0 Å². The molecule has 0 aliphatic heterocycles. The van der Waals surface area contributed by atoms with Crippen molar-refractivity contribution in [3.63, 3.8) is 0 Å². The maximum Gasteiger partial charge on any atom is 0.137 e. The van der Waals surface area contributed by atoms with E-state index < -0.39 is 0 Å². The molecule has 1 aliphatic rings. The third-order valence-corrected chi connectivity index (χ3v) is 3.11. The van der Waals surface area contributed by atoms with Crippen LogP contribution in [0.1, 0.15) is 31.5 Å². The van der Waals surface area contributed by atoms with Crippen molar-refractivity contribution < 1.29 is 0 Å². The Balaban J connectivity index is 1.67. The molecule has 1 aromatic rings. The molecule has 16 heavy (non-hydrogen) atoms. The number of H-pyrrole nitrogens is 1. The molecule has 1 atom stereocenters. The fourth-order valence-electron chi connectivity index (χ4n) is 2.03. The quantitative estimate of drug-likeness (QED) is 0.655. The molecule has 88 valence electrons. The summed E-state index contributed by atoms with van der Waals surface area (Å²) in [6.45, 7) is 4.76. The molecule has 0 saturated heterocycles.